The van der Waals surface area contributed by atoms with Crippen LogP contribution in [0.3, 0.4) is 0 Å². The Hall–Kier alpha value is -2.38. The zero-order valence-electron chi connectivity index (χ0n) is 11.8. The van der Waals surface area contributed by atoms with Crippen molar-refractivity contribution >= 4 is 17.6 Å². The fraction of sp³-hybridized carbons (Fsp3) is 0.538. The maximum absolute atomic E-state index is 11.6. The average molecular weight is 288 g/mol. The first-order valence-electron chi connectivity index (χ1n) is 7.10. The van der Waals surface area contributed by atoms with E-state index in [2.05, 4.69) is 20.2 Å². The van der Waals surface area contributed by atoms with Crippen molar-refractivity contribution in [1.29, 1.82) is 0 Å². The molecule has 4 heterocycles. The molecule has 0 aliphatic carbocycles. The molecule has 0 saturated carbocycles. The zero-order chi connectivity index (χ0) is 14.4. The lowest BCUT2D eigenvalue weighted by Crippen LogP contribution is -2.38. The molecular weight excluding hydrogens is 272 g/mol. The monoisotopic (exact) mass is 288 g/mol. The highest BCUT2D eigenvalue weighted by Gasteiger charge is 2.35. The van der Waals surface area contributed by atoms with Gasteiger partial charge in [-0.2, -0.15) is 4.52 Å². The number of ether oxygens (including phenoxy) is 1. The van der Waals surface area contributed by atoms with Gasteiger partial charge in [0.25, 0.3) is 0 Å². The fourth-order valence-electron chi connectivity index (χ4n) is 3.00. The summed E-state index contributed by atoms with van der Waals surface area (Å²) in [5, 5.41) is 12.6. The molecule has 1 amide bonds. The molecule has 8 heteroatoms. The lowest BCUT2D eigenvalue weighted by molar-refractivity contribution is 0.150. The number of hydrogen-bond donors (Lipinski definition) is 0. The molecule has 4 rings (SSSR count). The highest BCUT2D eigenvalue weighted by Crippen LogP contribution is 2.23. The molecule has 8 nitrogen and oxygen atoms in total. The van der Waals surface area contributed by atoms with Gasteiger partial charge in [-0.15, -0.1) is 15.3 Å². The third-order valence-corrected chi connectivity index (χ3v) is 4.13. The summed E-state index contributed by atoms with van der Waals surface area (Å²) in [4.78, 5) is 15.6. The summed E-state index contributed by atoms with van der Waals surface area (Å²) in [5.41, 5.74) is 0.745. The summed E-state index contributed by atoms with van der Waals surface area (Å²) in [6.07, 6.45) is 0.746. The number of fused-ring (bicyclic) bond motifs is 1. The van der Waals surface area contributed by atoms with E-state index < -0.39 is 0 Å². The first-order chi connectivity index (χ1) is 10.2. The Labute approximate surface area is 121 Å². The van der Waals surface area contributed by atoms with Crippen LogP contribution in [0.5, 0.6) is 0 Å². The van der Waals surface area contributed by atoms with E-state index in [1.165, 1.54) is 0 Å². The van der Waals surface area contributed by atoms with Crippen molar-refractivity contribution in [2.24, 2.45) is 0 Å². The van der Waals surface area contributed by atoms with Gasteiger partial charge in [0.1, 0.15) is 12.4 Å². The SMILES string of the molecule is Cc1nnc2ccc(N3CCC(N4CCOC4=O)C3)nn12. The Kier molecular flexibility index (Phi) is 2.69. The molecule has 0 N–H and O–H groups in total. The molecule has 21 heavy (non-hydrogen) atoms. The second kappa shape index (κ2) is 4.57. The third-order valence-electron chi connectivity index (χ3n) is 4.13. The van der Waals surface area contributed by atoms with E-state index >= 15 is 0 Å². The van der Waals surface area contributed by atoms with E-state index in [-0.39, 0.29) is 12.1 Å². The maximum atomic E-state index is 11.6. The van der Waals surface area contributed by atoms with Crippen LogP contribution in [0.1, 0.15) is 12.2 Å². The molecule has 2 aliphatic rings. The minimum Gasteiger partial charge on any atom is -0.448 e. The number of hydrogen-bond acceptors (Lipinski definition) is 6. The molecule has 2 saturated heterocycles. The Balaban J connectivity index is 1.56. The lowest BCUT2D eigenvalue weighted by atomic mass is 10.2. The van der Waals surface area contributed by atoms with Gasteiger partial charge in [-0.25, -0.2) is 4.79 Å². The molecule has 2 aliphatic heterocycles. The summed E-state index contributed by atoms with van der Waals surface area (Å²) in [7, 11) is 0. The highest BCUT2D eigenvalue weighted by atomic mass is 16.6. The minimum absolute atomic E-state index is 0.195. The van der Waals surface area contributed by atoms with Crippen LogP contribution in [0.2, 0.25) is 0 Å². The standard InChI is InChI=1S/C13H16N6O2/c1-9-14-15-11-2-3-12(16-19(9)11)17-5-4-10(8-17)18-6-7-21-13(18)20/h2-3,10H,4-8H2,1H3. The van der Waals surface area contributed by atoms with E-state index in [4.69, 9.17) is 4.74 Å². The molecule has 1 unspecified atom stereocenters. The van der Waals surface area contributed by atoms with Crippen LogP contribution in [0.4, 0.5) is 10.6 Å². The summed E-state index contributed by atoms with van der Waals surface area (Å²) in [6.45, 7) is 4.74. The summed E-state index contributed by atoms with van der Waals surface area (Å²) in [6, 6.07) is 4.08. The van der Waals surface area contributed by atoms with Crippen LogP contribution in [-0.4, -0.2) is 63.1 Å². The molecule has 2 fully saturated rings. The number of anilines is 1. The first-order valence-corrected chi connectivity index (χ1v) is 7.10. The Morgan fingerprint density at radius 1 is 1.29 bits per heavy atom. The first kappa shape index (κ1) is 12.4. The molecule has 110 valence electrons. The van der Waals surface area contributed by atoms with Crippen LogP contribution in [0, 0.1) is 6.92 Å². The van der Waals surface area contributed by atoms with Crippen molar-refractivity contribution in [2.75, 3.05) is 31.1 Å². The van der Waals surface area contributed by atoms with Gasteiger partial charge in [0.05, 0.1) is 12.6 Å². The molecule has 0 aromatic carbocycles. The number of aromatic nitrogens is 4. The second-order valence-corrected chi connectivity index (χ2v) is 5.41. The van der Waals surface area contributed by atoms with E-state index in [1.807, 2.05) is 24.0 Å². The average Bonchev–Trinajstić information content (AvgIpc) is 3.19. The summed E-state index contributed by atoms with van der Waals surface area (Å²) in [5.74, 6) is 1.66. The third kappa shape index (κ3) is 1.98. The van der Waals surface area contributed by atoms with Crippen LogP contribution in [-0.2, 0) is 4.74 Å². The smallest absolute Gasteiger partial charge is 0.410 e. The van der Waals surface area contributed by atoms with Crippen molar-refractivity contribution in [3.05, 3.63) is 18.0 Å². The van der Waals surface area contributed by atoms with Gasteiger partial charge in [-0.05, 0) is 25.5 Å². The number of nitrogens with zero attached hydrogens (tertiary/aromatic N) is 6. The van der Waals surface area contributed by atoms with E-state index in [9.17, 15) is 4.79 Å². The predicted molar refractivity (Wildman–Crippen MR) is 74.2 cm³/mol. The zero-order valence-corrected chi connectivity index (χ0v) is 11.8. The molecule has 0 bridgehead atoms. The van der Waals surface area contributed by atoms with Crippen molar-refractivity contribution in [3.63, 3.8) is 0 Å². The summed E-state index contributed by atoms with van der Waals surface area (Å²) < 4.78 is 6.76. The molecule has 0 radical (unpaired) electrons. The second-order valence-electron chi connectivity index (χ2n) is 5.41. The highest BCUT2D eigenvalue weighted by molar-refractivity contribution is 5.70. The lowest BCUT2D eigenvalue weighted by Gasteiger charge is -2.22. The predicted octanol–water partition coefficient (Wildman–Crippen LogP) is 0.464. The van der Waals surface area contributed by atoms with Gasteiger partial charge < -0.3 is 9.64 Å². The molecule has 2 aromatic heterocycles. The number of carbonyl (C=O) groups is 1. The summed E-state index contributed by atoms with van der Waals surface area (Å²) >= 11 is 0. The van der Waals surface area contributed by atoms with Crippen LogP contribution in [0.25, 0.3) is 5.65 Å². The topological polar surface area (TPSA) is 75.9 Å². The van der Waals surface area contributed by atoms with Gasteiger partial charge >= 0.3 is 6.09 Å². The Bertz CT molecular complexity index is 699. The quantitative estimate of drug-likeness (QED) is 0.799. The van der Waals surface area contributed by atoms with Crippen LogP contribution in [0.15, 0.2) is 12.1 Å². The minimum atomic E-state index is -0.195. The van der Waals surface area contributed by atoms with Crippen molar-refractivity contribution in [2.45, 2.75) is 19.4 Å². The fourth-order valence-corrected chi connectivity index (χ4v) is 3.00. The molecule has 1 atom stereocenters. The number of amides is 1. The maximum Gasteiger partial charge on any atom is 0.410 e. The van der Waals surface area contributed by atoms with Crippen LogP contribution >= 0.6 is 0 Å². The number of aryl methyl sites for hydroxylation is 1. The molecule has 2 aromatic rings. The number of cyclic esters (lactones) is 1. The van der Waals surface area contributed by atoms with Gasteiger partial charge in [0, 0.05) is 13.1 Å². The Morgan fingerprint density at radius 2 is 2.19 bits per heavy atom. The van der Waals surface area contributed by atoms with E-state index in [0.717, 1.165) is 36.8 Å². The van der Waals surface area contributed by atoms with E-state index in [1.54, 1.807) is 4.52 Å². The number of rotatable bonds is 2. The van der Waals surface area contributed by atoms with Gasteiger partial charge in [0.15, 0.2) is 11.5 Å². The number of carbonyl (C=O) groups excluding carboxylic acids is 1. The Morgan fingerprint density at radius 3 is 3.00 bits per heavy atom. The molecule has 0 spiro atoms. The van der Waals surface area contributed by atoms with E-state index in [0.29, 0.717) is 13.2 Å². The van der Waals surface area contributed by atoms with Crippen LogP contribution < -0.4 is 4.90 Å². The van der Waals surface area contributed by atoms with Gasteiger partial charge in [-0.1, -0.05) is 0 Å². The molecular formula is C13H16N6O2. The van der Waals surface area contributed by atoms with Gasteiger partial charge in [0.2, 0.25) is 0 Å². The van der Waals surface area contributed by atoms with Crippen molar-refractivity contribution in [1.82, 2.24) is 24.7 Å². The normalized spacial score (nSPS) is 22.3. The van der Waals surface area contributed by atoms with Crippen molar-refractivity contribution < 1.29 is 9.53 Å². The van der Waals surface area contributed by atoms with Gasteiger partial charge in [-0.3, -0.25) is 4.90 Å². The van der Waals surface area contributed by atoms with Crippen molar-refractivity contribution in [3.8, 4) is 0 Å². The largest absolute Gasteiger partial charge is 0.448 e.